The largest absolute Gasteiger partial charge is 0.310 e. The van der Waals surface area contributed by atoms with Gasteiger partial charge < -0.3 is 5.32 Å². The Morgan fingerprint density at radius 3 is 2.90 bits per heavy atom. The number of nitrogens with one attached hydrogen (secondary N) is 1. The molecule has 0 radical (unpaired) electrons. The van der Waals surface area contributed by atoms with Gasteiger partial charge in [0.2, 0.25) is 0 Å². The zero-order chi connectivity index (χ0) is 14.7. The van der Waals surface area contributed by atoms with Crippen LogP contribution in [0, 0.1) is 17.8 Å². The molecule has 2 saturated carbocycles. The van der Waals surface area contributed by atoms with E-state index in [0.717, 1.165) is 24.3 Å². The van der Waals surface area contributed by atoms with Gasteiger partial charge in [0.25, 0.3) is 0 Å². The Morgan fingerprint density at radius 2 is 2.19 bits per heavy atom. The fourth-order valence-electron chi connectivity index (χ4n) is 4.14. The van der Waals surface area contributed by atoms with Crippen LogP contribution in [0.15, 0.2) is 29.2 Å². The highest BCUT2D eigenvalue weighted by Gasteiger charge is 2.39. The Morgan fingerprint density at radius 1 is 1.29 bits per heavy atom. The summed E-state index contributed by atoms with van der Waals surface area (Å²) in [4.78, 5) is 1.46. The van der Waals surface area contributed by atoms with E-state index < -0.39 is 0 Å². The minimum atomic E-state index is 0.466. The summed E-state index contributed by atoms with van der Waals surface area (Å²) in [6.45, 7) is 5.60. The Bertz CT molecular complexity index is 459. The van der Waals surface area contributed by atoms with Gasteiger partial charge in [-0.05, 0) is 74.6 Å². The molecular weight excluding hydrogens is 274 g/mol. The molecule has 4 atom stereocenters. The topological polar surface area (TPSA) is 12.0 Å². The first-order chi connectivity index (χ1) is 10.3. The summed E-state index contributed by atoms with van der Waals surface area (Å²) in [5, 5.41) is 3.59. The van der Waals surface area contributed by atoms with E-state index in [0.29, 0.717) is 6.04 Å². The van der Waals surface area contributed by atoms with Crippen molar-refractivity contribution in [2.75, 3.05) is 12.3 Å². The molecule has 116 valence electrons. The molecule has 0 aromatic heterocycles. The molecule has 1 nitrogen and oxygen atoms in total. The van der Waals surface area contributed by atoms with Crippen molar-refractivity contribution in [2.24, 2.45) is 17.8 Å². The number of rotatable bonds is 7. The predicted molar refractivity (Wildman–Crippen MR) is 92.8 cm³/mol. The first-order valence-electron chi connectivity index (χ1n) is 8.72. The normalized spacial score (nSPS) is 29.0. The molecule has 2 bridgehead atoms. The maximum Gasteiger partial charge on any atom is 0.0292 e. The maximum atomic E-state index is 3.59. The number of hydrogen-bond acceptors (Lipinski definition) is 2. The summed E-state index contributed by atoms with van der Waals surface area (Å²) in [5.41, 5.74) is 1.43. The Balaban J connectivity index is 1.53. The van der Waals surface area contributed by atoms with Crippen molar-refractivity contribution < 1.29 is 0 Å². The second-order valence-corrected chi connectivity index (χ2v) is 8.09. The van der Waals surface area contributed by atoms with E-state index >= 15 is 0 Å². The molecule has 0 heterocycles. The lowest BCUT2D eigenvalue weighted by Crippen LogP contribution is -2.19. The Labute approximate surface area is 134 Å². The average molecular weight is 304 g/mol. The van der Waals surface area contributed by atoms with Crippen LogP contribution in [0.25, 0.3) is 0 Å². The van der Waals surface area contributed by atoms with E-state index in [4.69, 9.17) is 0 Å². The maximum absolute atomic E-state index is 3.59. The van der Waals surface area contributed by atoms with Gasteiger partial charge in [-0.2, -0.15) is 0 Å². The summed E-state index contributed by atoms with van der Waals surface area (Å²) >= 11 is 2.08. The number of thioether (sulfide) groups is 1. The quantitative estimate of drug-likeness (QED) is 0.688. The van der Waals surface area contributed by atoms with Crippen LogP contribution in [0.5, 0.6) is 0 Å². The Kier molecular flexibility index (Phi) is 5.29. The predicted octanol–water partition coefficient (Wildman–Crippen LogP) is 5.28. The van der Waals surface area contributed by atoms with E-state index in [-0.39, 0.29) is 0 Å². The number of fused-ring (bicyclic) bond motifs is 2. The fourth-order valence-corrected chi connectivity index (χ4v) is 5.35. The lowest BCUT2D eigenvalue weighted by molar-refractivity contribution is 0.365. The van der Waals surface area contributed by atoms with Gasteiger partial charge in [-0.15, -0.1) is 11.8 Å². The molecule has 1 N–H and O–H groups in total. The van der Waals surface area contributed by atoms with Crippen molar-refractivity contribution >= 4 is 11.8 Å². The van der Waals surface area contributed by atoms with Crippen LogP contribution in [-0.4, -0.2) is 12.3 Å². The minimum Gasteiger partial charge on any atom is -0.310 e. The molecular formula is C19H29NS. The molecule has 0 saturated heterocycles. The van der Waals surface area contributed by atoms with E-state index in [1.807, 2.05) is 0 Å². The lowest BCUT2D eigenvalue weighted by atomic mass is 9.90. The van der Waals surface area contributed by atoms with Crippen molar-refractivity contribution in [1.29, 1.82) is 0 Å². The third kappa shape index (κ3) is 3.84. The monoisotopic (exact) mass is 303 g/mol. The molecule has 2 aliphatic rings. The third-order valence-electron chi connectivity index (χ3n) is 5.41. The van der Waals surface area contributed by atoms with Crippen LogP contribution in [0.2, 0.25) is 0 Å². The first-order valence-corrected chi connectivity index (χ1v) is 9.71. The number of benzene rings is 1. The second-order valence-electron chi connectivity index (χ2n) is 6.99. The van der Waals surface area contributed by atoms with Crippen molar-refractivity contribution in [3.05, 3.63) is 29.8 Å². The number of hydrogen-bond donors (Lipinski definition) is 1. The van der Waals surface area contributed by atoms with E-state index in [9.17, 15) is 0 Å². The van der Waals surface area contributed by atoms with Gasteiger partial charge in [0, 0.05) is 16.7 Å². The first kappa shape index (κ1) is 15.4. The van der Waals surface area contributed by atoms with Crippen molar-refractivity contribution in [3.8, 4) is 0 Å². The summed E-state index contributed by atoms with van der Waals surface area (Å²) in [6, 6.07) is 9.63. The van der Waals surface area contributed by atoms with Gasteiger partial charge in [-0.1, -0.05) is 25.5 Å². The Hall–Kier alpha value is -0.470. The molecule has 0 spiro atoms. The molecule has 3 rings (SSSR count). The SMILES string of the molecule is CCCNC(C)c1cccc(SCC2CC3CCC2C3)c1. The zero-order valence-corrected chi connectivity index (χ0v) is 14.3. The van der Waals surface area contributed by atoms with Gasteiger partial charge in [-0.3, -0.25) is 0 Å². The summed E-state index contributed by atoms with van der Waals surface area (Å²) in [6.07, 6.45) is 7.26. The summed E-state index contributed by atoms with van der Waals surface area (Å²) < 4.78 is 0. The van der Waals surface area contributed by atoms with Crippen LogP contribution in [0.3, 0.4) is 0 Å². The third-order valence-corrected chi connectivity index (χ3v) is 6.59. The average Bonchev–Trinajstić information content (AvgIpc) is 3.13. The highest BCUT2D eigenvalue weighted by Crippen LogP contribution is 2.49. The van der Waals surface area contributed by atoms with Crippen LogP contribution in [-0.2, 0) is 0 Å². The van der Waals surface area contributed by atoms with Gasteiger partial charge in [0.1, 0.15) is 0 Å². The van der Waals surface area contributed by atoms with Crippen LogP contribution in [0.4, 0.5) is 0 Å². The second kappa shape index (κ2) is 7.19. The van der Waals surface area contributed by atoms with Gasteiger partial charge >= 0.3 is 0 Å². The molecule has 2 aliphatic carbocycles. The highest BCUT2D eigenvalue weighted by atomic mass is 32.2. The van der Waals surface area contributed by atoms with Gasteiger partial charge in [0.15, 0.2) is 0 Å². The van der Waals surface area contributed by atoms with E-state index in [1.54, 1.807) is 0 Å². The smallest absolute Gasteiger partial charge is 0.0292 e. The van der Waals surface area contributed by atoms with Crippen molar-refractivity contribution in [2.45, 2.75) is 56.9 Å². The standard InChI is InChI=1S/C19H29NS/c1-3-9-20-14(2)16-5-4-6-19(12-16)21-13-18-11-15-7-8-17(18)10-15/h4-6,12,14-15,17-18,20H,3,7-11,13H2,1-2H3. The molecule has 21 heavy (non-hydrogen) atoms. The molecule has 4 unspecified atom stereocenters. The molecule has 0 aliphatic heterocycles. The zero-order valence-electron chi connectivity index (χ0n) is 13.5. The fraction of sp³-hybridized carbons (Fsp3) is 0.684. The van der Waals surface area contributed by atoms with E-state index in [2.05, 4.69) is 55.2 Å². The highest BCUT2D eigenvalue weighted by molar-refractivity contribution is 7.99. The van der Waals surface area contributed by atoms with Crippen LogP contribution >= 0.6 is 11.8 Å². The van der Waals surface area contributed by atoms with Crippen LogP contribution in [0.1, 0.15) is 57.6 Å². The summed E-state index contributed by atoms with van der Waals surface area (Å²) in [5.74, 6) is 4.45. The summed E-state index contributed by atoms with van der Waals surface area (Å²) in [7, 11) is 0. The van der Waals surface area contributed by atoms with Gasteiger partial charge in [-0.25, -0.2) is 0 Å². The van der Waals surface area contributed by atoms with Crippen molar-refractivity contribution in [3.63, 3.8) is 0 Å². The molecule has 2 heteroatoms. The van der Waals surface area contributed by atoms with Crippen LogP contribution < -0.4 is 5.32 Å². The molecule has 1 aromatic rings. The molecule has 1 aromatic carbocycles. The van der Waals surface area contributed by atoms with E-state index in [1.165, 1.54) is 48.3 Å². The lowest BCUT2D eigenvalue weighted by Gasteiger charge is -2.21. The van der Waals surface area contributed by atoms with Gasteiger partial charge in [0.05, 0.1) is 0 Å². The van der Waals surface area contributed by atoms with Crippen molar-refractivity contribution in [1.82, 2.24) is 5.32 Å². The molecule has 2 fully saturated rings. The molecule has 0 amide bonds. The minimum absolute atomic E-state index is 0.466.